The molecule has 2 rings (SSSR count). The Balaban J connectivity index is 1.97. The highest BCUT2D eigenvalue weighted by Crippen LogP contribution is 2.17. The number of amides is 1. The number of nitro benzene ring substituents is 1. The van der Waals surface area contributed by atoms with Crippen LogP contribution in [-0.4, -0.2) is 21.0 Å². The summed E-state index contributed by atoms with van der Waals surface area (Å²) < 4.78 is 4.90. The Morgan fingerprint density at radius 3 is 2.42 bits per heavy atom. The van der Waals surface area contributed by atoms with Gasteiger partial charge in [0.15, 0.2) is 0 Å². The van der Waals surface area contributed by atoms with Gasteiger partial charge >= 0.3 is 6.09 Å². The Labute approximate surface area is 107 Å². The number of ether oxygens (including phenoxy) is 1. The van der Waals surface area contributed by atoms with Crippen molar-refractivity contribution in [2.75, 3.05) is 5.32 Å². The molecule has 0 radical (unpaired) electrons. The second-order valence-corrected chi connectivity index (χ2v) is 3.34. The Hall–Kier alpha value is -3.03. The first-order valence-electron chi connectivity index (χ1n) is 5.15. The second-order valence-electron chi connectivity index (χ2n) is 3.34. The van der Waals surface area contributed by atoms with Crippen LogP contribution < -0.4 is 10.1 Å². The number of benzene rings is 1. The van der Waals surface area contributed by atoms with Crippen LogP contribution in [0.4, 0.5) is 16.4 Å². The summed E-state index contributed by atoms with van der Waals surface area (Å²) in [6.45, 7) is 0. The lowest BCUT2D eigenvalue weighted by Crippen LogP contribution is -2.18. The predicted octanol–water partition coefficient (Wildman–Crippen LogP) is 2.00. The Morgan fingerprint density at radius 1 is 1.21 bits per heavy atom. The van der Waals surface area contributed by atoms with Crippen LogP contribution in [0, 0.1) is 10.1 Å². The summed E-state index contributed by atoms with van der Waals surface area (Å²) in [4.78, 5) is 28.9. The molecular formula is C11H8N4O4. The van der Waals surface area contributed by atoms with Crippen molar-refractivity contribution in [3.05, 3.63) is 52.8 Å². The summed E-state index contributed by atoms with van der Waals surface area (Å²) in [5, 5.41) is 12.8. The van der Waals surface area contributed by atoms with E-state index in [9.17, 15) is 14.9 Å². The topological polar surface area (TPSA) is 107 Å². The summed E-state index contributed by atoms with van der Waals surface area (Å²) in [5.74, 6) is 0.286. The van der Waals surface area contributed by atoms with Crippen LogP contribution in [0.3, 0.4) is 0 Å². The first-order valence-corrected chi connectivity index (χ1v) is 5.15. The molecule has 1 aromatic carbocycles. The molecule has 0 unspecified atom stereocenters. The average Bonchev–Trinajstić information content (AvgIpc) is 2.40. The number of nitrogens with one attached hydrogen (secondary N) is 1. The molecule has 1 aromatic heterocycles. The number of hydrogen-bond acceptors (Lipinski definition) is 6. The minimum absolute atomic E-state index is 0.0841. The van der Waals surface area contributed by atoms with Crippen LogP contribution in [0.1, 0.15) is 0 Å². The van der Waals surface area contributed by atoms with Gasteiger partial charge < -0.3 is 4.74 Å². The van der Waals surface area contributed by atoms with E-state index in [0.29, 0.717) is 0 Å². The minimum Gasteiger partial charge on any atom is -0.410 e. The van der Waals surface area contributed by atoms with E-state index in [1.54, 1.807) is 6.07 Å². The van der Waals surface area contributed by atoms with Crippen LogP contribution in [0.15, 0.2) is 42.7 Å². The summed E-state index contributed by atoms with van der Waals surface area (Å²) in [6.07, 6.45) is 2.16. The molecule has 96 valence electrons. The number of carbonyl (C=O) groups excluding carboxylic acids is 1. The number of nitrogens with zero attached hydrogens (tertiary/aromatic N) is 3. The molecule has 2 aromatic rings. The zero-order chi connectivity index (χ0) is 13.7. The van der Waals surface area contributed by atoms with Crippen molar-refractivity contribution in [3.8, 4) is 5.75 Å². The lowest BCUT2D eigenvalue weighted by molar-refractivity contribution is -0.384. The normalized spacial score (nSPS) is 9.68. The molecule has 8 heteroatoms. The Kier molecular flexibility index (Phi) is 3.62. The summed E-state index contributed by atoms with van der Waals surface area (Å²) >= 11 is 0. The monoisotopic (exact) mass is 260 g/mol. The van der Waals surface area contributed by atoms with E-state index in [0.717, 1.165) is 0 Å². The highest BCUT2D eigenvalue weighted by atomic mass is 16.6. The van der Waals surface area contributed by atoms with Gasteiger partial charge in [-0.05, 0) is 18.2 Å². The number of anilines is 1. The molecule has 8 nitrogen and oxygen atoms in total. The molecule has 1 amide bonds. The lowest BCUT2D eigenvalue weighted by atomic mass is 10.3. The van der Waals surface area contributed by atoms with E-state index < -0.39 is 11.0 Å². The second kappa shape index (κ2) is 5.54. The van der Waals surface area contributed by atoms with Crippen molar-refractivity contribution in [2.24, 2.45) is 0 Å². The molecule has 1 heterocycles. The van der Waals surface area contributed by atoms with Crippen LogP contribution >= 0.6 is 0 Å². The minimum atomic E-state index is -0.778. The number of carbonyl (C=O) groups is 1. The zero-order valence-corrected chi connectivity index (χ0v) is 9.52. The van der Waals surface area contributed by atoms with E-state index in [2.05, 4.69) is 15.3 Å². The Bertz CT molecular complexity index is 585. The molecule has 1 N–H and O–H groups in total. The van der Waals surface area contributed by atoms with E-state index in [1.807, 2.05) is 0 Å². The summed E-state index contributed by atoms with van der Waals surface area (Å²) in [6, 6.07) is 6.73. The number of hydrogen-bond donors (Lipinski definition) is 1. The molecule has 19 heavy (non-hydrogen) atoms. The fourth-order valence-electron chi connectivity index (χ4n) is 1.22. The molecule has 0 atom stereocenters. The quantitative estimate of drug-likeness (QED) is 0.667. The molecule has 0 bridgehead atoms. The summed E-state index contributed by atoms with van der Waals surface area (Å²) in [5.41, 5.74) is -0.0841. The molecule has 0 saturated carbocycles. The van der Waals surface area contributed by atoms with Crippen LogP contribution in [0.2, 0.25) is 0 Å². The van der Waals surface area contributed by atoms with E-state index in [-0.39, 0.29) is 17.4 Å². The van der Waals surface area contributed by atoms with Gasteiger partial charge in [0.05, 0.1) is 4.92 Å². The largest absolute Gasteiger partial charge is 0.419 e. The third kappa shape index (κ3) is 3.46. The van der Waals surface area contributed by atoms with Crippen molar-refractivity contribution in [2.45, 2.75) is 0 Å². The molecule has 0 fully saturated rings. The molecule has 0 saturated heterocycles. The SMILES string of the molecule is O=C(Nc1ncccn1)Oc1ccc([N+](=O)[O-])cc1. The van der Waals surface area contributed by atoms with E-state index in [4.69, 9.17) is 4.74 Å². The fourth-order valence-corrected chi connectivity index (χ4v) is 1.22. The van der Waals surface area contributed by atoms with Crippen LogP contribution in [0.5, 0.6) is 5.75 Å². The average molecular weight is 260 g/mol. The van der Waals surface area contributed by atoms with Gasteiger partial charge in [0.2, 0.25) is 5.95 Å². The van der Waals surface area contributed by atoms with Gasteiger partial charge in [-0.2, -0.15) is 0 Å². The zero-order valence-electron chi connectivity index (χ0n) is 9.52. The van der Waals surface area contributed by atoms with Gasteiger partial charge in [0.25, 0.3) is 5.69 Å². The van der Waals surface area contributed by atoms with Gasteiger partial charge in [0, 0.05) is 24.5 Å². The third-order valence-corrected chi connectivity index (χ3v) is 2.04. The van der Waals surface area contributed by atoms with Crippen molar-refractivity contribution in [1.29, 1.82) is 0 Å². The first-order chi connectivity index (χ1) is 9.15. The van der Waals surface area contributed by atoms with Crippen molar-refractivity contribution >= 4 is 17.7 Å². The maximum absolute atomic E-state index is 11.5. The summed E-state index contributed by atoms with van der Waals surface area (Å²) in [7, 11) is 0. The molecular weight excluding hydrogens is 252 g/mol. The standard InChI is InChI=1S/C11H8N4O4/c16-11(14-10-12-6-1-7-13-10)19-9-4-2-8(3-5-9)15(17)18/h1-7H,(H,12,13,14,16). The fraction of sp³-hybridized carbons (Fsp3) is 0. The lowest BCUT2D eigenvalue weighted by Gasteiger charge is -2.04. The van der Waals surface area contributed by atoms with Gasteiger partial charge in [-0.1, -0.05) is 0 Å². The smallest absolute Gasteiger partial charge is 0.410 e. The number of rotatable bonds is 3. The number of non-ortho nitro benzene ring substituents is 1. The third-order valence-electron chi connectivity index (χ3n) is 2.04. The number of aromatic nitrogens is 2. The molecule has 0 aliphatic heterocycles. The van der Waals surface area contributed by atoms with Crippen LogP contribution in [0.25, 0.3) is 0 Å². The Morgan fingerprint density at radius 2 is 1.84 bits per heavy atom. The highest BCUT2D eigenvalue weighted by molar-refractivity contribution is 5.84. The van der Waals surface area contributed by atoms with Crippen molar-refractivity contribution in [3.63, 3.8) is 0 Å². The van der Waals surface area contributed by atoms with E-state index in [1.165, 1.54) is 36.7 Å². The van der Waals surface area contributed by atoms with Gasteiger partial charge in [0.1, 0.15) is 5.75 Å². The molecule has 0 aliphatic carbocycles. The first kappa shape index (κ1) is 12.4. The maximum atomic E-state index is 11.5. The molecule has 0 spiro atoms. The van der Waals surface area contributed by atoms with Crippen molar-refractivity contribution < 1.29 is 14.5 Å². The number of nitro groups is 1. The van der Waals surface area contributed by atoms with Crippen LogP contribution in [-0.2, 0) is 0 Å². The van der Waals surface area contributed by atoms with Gasteiger partial charge in [-0.15, -0.1) is 0 Å². The van der Waals surface area contributed by atoms with Gasteiger partial charge in [-0.25, -0.2) is 14.8 Å². The van der Waals surface area contributed by atoms with Gasteiger partial charge in [-0.3, -0.25) is 15.4 Å². The maximum Gasteiger partial charge on any atom is 0.419 e. The van der Waals surface area contributed by atoms with E-state index >= 15 is 0 Å². The van der Waals surface area contributed by atoms with Crippen molar-refractivity contribution in [1.82, 2.24) is 9.97 Å². The molecule has 0 aliphatic rings. The predicted molar refractivity (Wildman–Crippen MR) is 64.8 cm³/mol. The highest BCUT2D eigenvalue weighted by Gasteiger charge is 2.09.